The predicted molar refractivity (Wildman–Crippen MR) is 88.8 cm³/mol. The zero-order valence-corrected chi connectivity index (χ0v) is 13.5. The molecule has 0 atom stereocenters. The Morgan fingerprint density at radius 2 is 2.18 bits per heavy atom. The Morgan fingerprint density at radius 1 is 1.36 bits per heavy atom. The number of rotatable bonds is 3. The fraction of sp³-hybridized carbons (Fsp3) is 0.0667. The molecule has 0 unspecified atom stereocenters. The zero-order chi connectivity index (χ0) is 15.7. The van der Waals surface area contributed by atoms with Gasteiger partial charge < -0.3 is 4.42 Å². The largest absolute Gasteiger partial charge is 0.467 e. The molecule has 1 amide bonds. The van der Waals surface area contributed by atoms with Crippen molar-refractivity contribution in [2.45, 2.75) is 6.54 Å². The highest BCUT2D eigenvalue weighted by atomic mass is 35.5. The Hall–Kier alpha value is -1.63. The normalized spacial score (nSPS) is 16.8. The second-order valence-electron chi connectivity index (χ2n) is 4.48. The molecule has 1 aromatic heterocycles. The van der Waals surface area contributed by atoms with Crippen LogP contribution < -0.4 is 0 Å². The highest BCUT2D eigenvalue weighted by Gasteiger charge is 2.32. The number of amides is 1. The third-order valence-corrected chi connectivity index (χ3v) is 4.75. The summed E-state index contributed by atoms with van der Waals surface area (Å²) < 4.78 is 19.4. The average molecular weight is 354 g/mol. The molecule has 0 radical (unpaired) electrons. The molecule has 2 aromatic rings. The maximum absolute atomic E-state index is 13.8. The lowest BCUT2D eigenvalue weighted by Crippen LogP contribution is -2.27. The van der Waals surface area contributed by atoms with Gasteiger partial charge in [0, 0.05) is 5.56 Å². The smallest absolute Gasteiger partial charge is 0.266 e. The summed E-state index contributed by atoms with van der Waals surface area (Å²) in [6.45, 7) is 0.250. The Labute approximate surface area is 140 Å². The van der Waals surface area contributed by atoms with E-state index in [1.165, 1.54) is 29.4 Å². The summed E-state index contributed by atoms with van der Waals surface area (Å²) in [5.41, 5.74) is 0.183. The SMILES string of the molecule is O=C1C(=Cc2c(F)cccc2Cl)SC(=S)N1Cc1ccco1. The molecule has 1 aromatic carbocycles. The van der Waals surface area contributed by atoms with E-state index in [-0.39, 0.29) is 23.0 Å². The van der Waals surface area contributed by atoms with Crippen LogP contribution in [0.25, 0.3) is 6.08 Å². The lowest BCUT2D eigenvalue weighted by atomic mass is 10.2. The van der Waals surface area contributed by atoms with Gasteiger partial charge in [-0.1, -0.05) is 41.6 Å². The number of halogens is 2. The molecule has 1 aliphatic rings. The van der Waals surface area contributed by atoms with E-state index < -0.39 is 5.82 Å². The number of furan rings is 1. The van der Waals surface area contributed by atoms with Gasteiger partial charge in [0.1, 0.15) is 15.9 Å². The molecule has 1 fully saturated rings. The average Bonchev–Trinajstić information content (AvgIpc) is 3.07. The third-order valence-electron chi connectivity index (χ3n) is 3.04. The number of thioether (sulfide) groups is 1. The van der Waals surface area contributed by atoms with Crippen molar-refractivity contribution in [3.8, 4) is 0 Å². The minimum absolute atomic E-state index is 0.183. The predicted octanol–water partition coefficient (Wildman–Crippen LogP) is 4.47. The molecular formula is C15H9ClFNO2S2. The maximum atomic E-state index is 13.8. The highest BCUT2D eigenvalue weighted by molar-refractivity contribution is 8.26. The zero-order valence-electron chi connectivity index (χ0n) is 11.1. The first kappa shape index (κ1) is 15.3. The minimum atomic E-state index is -0.483. The van der Waals surface area contributed by atoms with Gasteiger partial charge in [0.2, 0.25) is 0 Å². The number of benzene rings is 1. The van der Waals surface area contributed by atoms with Gasteiger partial charge in [0.05, 0.1) is 22.7 Å². The number of carbonyl (C=O) groups excluding carboxylic acids is 1. The molecule has 0 aliphatic carbocycles. The van der Waals surface area contributed by atoms with Crippen molar-refractivity contribution >= 4 is 51.9 Å². The summed E-state index contributed by atoms with van der Waals surface area (Å²) in [6.07, 6.45) is 2.96. The molecule has 1 saturated heterocycles. The van der Waals surface area contributed by atoms with Gasteiger partial charge in [-0.25, -0.2) is 4.39 Å². The van der Waals surface area contributed by atoms with E-state index in [1.807, 2.05) is 0 Å². The van der Waals surface area contributed by atoms with Crippen molar-refractivity contribution in [1.82, 2.24) is 4.90 Å². The van der Waals surface area contributed by atoms with Crippen LogP contribution >= 0.6 is 35.6 Å². The second kappa shape index (κ2) is 6.24. The van der Waals surface area contributed by atoms with Crippen LogP contribution in [-0.4, -0.2) is 15.1 Å². The molecule has 0 bridgehead atoms. The van der Waals surface area contributed by atoms with E-state index >= 15 is 0 Å². The first-order chi connectivity index (χ1) is 10.6. The molecule has 0 spiro atoms. The van der Waals surface area contributed by atoms with E-state index in [0.717, 1.165) is 11.8 Å². The minimum Gasteiger partial charge on any atom is -0.467 e. The molecule has 3 rings (SSSR count). The summed E-state index contributed by atoms with van der Waals surface area (Å²) in [4.78, 5) is 14.2. The van der Waals surface area contributed by atoms with Crippen LogP contribution in [0.5, 0.6) is 0 Å². The number of hydrogen-bond donors (Lipinski definition) is 0. The topological polar surface area (TPSA) is 33.5 Å². The van der Waals surface area contributed by atoms with Gasteiger partial charge in [0.25, 0.3) is 5.91 Å². The number of thiocarbonyl (C=S) groups is 1. The van der Waals surface area contributed by atoms with Crippen molar-refractivity contribution in [3.05, 3.63) is 63.7 Å². The molecular weight excluding hydrogens is 345 g/mol. The van der Waals surface area contributed by atoms with Gasteiger partial charge in [-0.05, 0) is 30.3 Å². The van der Waals surface area contributed by atoms with Crippen LogP contribution in [0.15, 0.2) is 45.9 Å². The first-order valence-corrected chi connectivity index (χ1v) is 7.88. The van der Waals surface area contributed by atoms with Crippen LogP contribution in [0.4, 0.5) is 4.39 Å². The number of nitrogens with zero attached hydrogens (tertiary/aromatic N) is 1. The van der Waals surface area contributed by atoms with E-state index in [1.54, 1.807) is 18.2 Å². The molecule has 22 heavy (non-hydrogen) atoms. The van der Waals surface area contributed by atoms with Crippen LogP contribution in [0.2, 0.25) is 5.02 Å². The van der Waals surface area contributed by atoms with Gasteiger partial charge >= 0.3 is 0 Å². The summed E-state index contributed by atoms with van der Waals surface area (Å²) in [7, 11) is 0. The van der Waals surface area contributed by atoms with E-state index in [9.17, 15) is 9.18 Å². The van der Waals surface area contributed by atoms with Crippen molar-refractivity contribution in [2.75, 3.05) is 0 Å². The van der Waals surface area contributed by atoms with Gasteiger partial charge in [-0.2, -0.15) is 0 Å². The highest BCUT2D eigenvalue weighted by Crippen LogP contribution is 2.35. The molecule has 3 nitrogen and oxygen atoms in total. The van der Waals surface area contributed by atoms with Crippen LogP contribution in [0, 0.1) is 5.82 Å². The van der Waals surface area contributed by atoms with Crippen molar-refractivity contribution < 1.29 is 13.6 Å². The molecule has 2 heterocycles. The van der Waals surface area contributed by atoms with Gasteiger partial charge in [-0.3, -0.25) is 9.69 Å². The second-order valence-corrected chi connectivity index (χ2v) is 6.57. The quantitative estimate of drug-likeness (QED) is 0.602. The molecule has 0 saturated carbocycles. The van der Waals surface area contributed by atoms with Crippen LogP contribution in [-0.2, 0) is 11.3 Å². The fourth-order valence-corrected chi connectivity index (χ4v) is 3.43. The standard InChI is InChI=1S/C15H9ClFNO2S2/c16-11-4-1-5-12(17)10(11)7-13-14(19)18(15(21)22-13)8-9-3-2-6-20-9/h1-7H,8H2. The van der Waals surface area contributed by atoms with E-state index in [2.05, 4.69) is 0 Å². The number of hydrogen-bond acceptors (Lipinski definition) is 4. The molecule has 7 heteroatoms. The Balaban J connectivity index is 1.89. The summed E-state index contributed by atoms with van der Waals surface area (Å²) >= 11 is 12.3. The Morgan fingerprint density at radius 3 is 2.86 bits per heavy atom. The Bertz CT molecular complexity index is 754. The van der Waals surface area contributed by atoms with Crippen molar-refractivity contribution in [2.24, 2.45) is 0 Å². The van der Waals surface area contributed by atoms with E-state index in [4.69, 9.17) is 28.2 Å². The fourth-order valence-electron chi connectivity index (χ4n) is 1.97. The lowest BCUT2D eigenvalue weighted by Gasteiger charge is -2.12. The summed E-state index contributed by atoms with van der Waals surface area (Å²) in [5, 5.41) is 0.247. The maximum Gasteiger partial charge on any atom is 0.266 e. The monoisotopic (exact) mass is 353 g/mol. The first-order valence-electron chi connectivity index (χ1n) is 6.28. The Kier molecular flexibility index (Phi) is 4.33. The number of carbonyl (C=O) groups is 1. The van der Waals surface area contributed by atoms with Crippen molar-refractivity contribution in [1.29, 1.82) is 0 Å². The van der Waals surface area contributed by atoms with Gasteiger partial charge in [0.15, 0.2) is 0 Å². The third kappa shape index (κ3) is 2.95. The molecule has 112 valence electrons. The van der Waals surface area contributed by atoms with Crippen LogP contribution in [0.1, 0.15) is 11.3 Å². The van der Waals surface area contributed by atoms with E-state index in [0.29, 0.717) is 15.0 Å². The summed E-state index contributed by atoms with van der Waals surface area (Å²) in [6, 6.07) is 7.87. The molecule has 1 aliphatic heterocycles. The van der Waals surface area contributed by atoms with Crippen LogP contribution in [0.3, 0.4) is 0 Å². The summed E-state index contributed by atoms with van der Waals surface area (Å²) in [5.74, 6) is -0.143. The van der Waals surface area contributed by atoms with Gasteiger partial charge in [-0.15, -0.1) is 0 Å². The lowest BCUT2D eigenvalue weighted by molar-refractivity contribution is -0.122. The van der Waals surface area contributed by atoms with Crippen molar-refractivity contribution in [3.63, 3.8) is 0 Å². The molecule has 0 N–H and O–H groups in total.